The molecule has 3 rings (SSSR count). The smallest absolute Gasteiger partial charge is 0.234 e. The summed E-state index contributed by atoms with van der Waals surface area (Å²) < 4.78 is 10.8. The fourth-order valence-corrected chi connectivity index (χ4v) is 1.88. The average Bonchev–Trinajstić information content (AvgIpc) is 2.81. The first kappa shape index (κ1) is 10.7. The zero-order valence-corrected chi connectivity index (χ0v) is 9.75. The molecule has 18 heavy (non-hydrogen) atoms. The normalized spacial score (nSPS) is 10.7. The van der Waals surface area contributed by atoms with Crippen molar-refractivity contribution in [3.8, 4) is 23.0 Å². The van der Waals surface area contributed by atoms with Crippen molar-refractivity contribution in [2.45, 2.75) is 0 Å². The van der Waals surface area contributed by atoms with Crippen LogP contribution in [0.3, 0.4) is 0 Å². The Bertz CT molecular complexity index is 670. The maximum absolute atomic E-state index is 9.92. The minimum Gasteiger partial charge on any atom is -0.507 e. The number of oxazole rings is 1. The second kappa shape index (κ2) is 4.07. The van der Waals surface area contributed by atoms with Gasteiger partial charge in [-0.2, -0.15) is 0 Å². The minimum absolute atomic E-state index is 0.0842. The molecular formula is C14H11NO3. The van der Waals surface area contributed by atoms with Gasteiger partial charge in [-0.15, -0.1) is 0 Å². The Hall–Kier alpha value is -2.49. The topological polar surface area (TPSA) is 55.5 Å². The molecule has 3 aromatic rings. The molecule has 1 N–H and O–H groups in total. The van der Waals surface area contributed by atoms with Gasteiger partial charge in [-0.1, -0.05) is 18.2 Å². The van der Waals surface area contributed by atoms with Gasteiger partial charge in [-0.25, -0.2) is 4.98 Å². The highest BCUT2D eigenvalue weighted by Gasteiger charge is 2.16. The van der Waals surface area contributed by atoms with Gasteiger partial charge < -0.3 is 14.3 Å². The predicted molar refractivity (Wildman–Crippen MR) is 67.7 cm³/mol. The van der Waals surface area contributed by atoms with Crippen LogP contribution in [-0.2, 0) is 0 Å². The second-order valence-corrected chi connectivity index (χ2v) is 3.84. The molecular weight excluding hydrogens is 230 g/mol. The Labute approximate surface area is 103 Å². The van der Waals surface area contributed by atoms with E-state index in [-0.39, 0.29) is 5.75 Å². The van der Waals surface area contributed by atoms with Crippen LogP contribution < -0.4 is 4.74 Å². The SMILES string of the molecule is COc1cccc(O)c1-c1nc2ccccc2o1. The molecule has 0 fully saturated rings. The Morgan fingerprint density at radius 1 is 1.11 bits per heavy atom. The van der Waals surface area contributed by atoms with Gasteiger partial charge in [0.15, 0.2) is 5.58 Å². The molecule has 1 heterocycles. The van der Waals surface area contributed by atoms with Crippen molar-refractivity contribution in [3.63, 3.8) is 0 Å². The van der Waals surface area contributed by atoms with Crippen molar-refractivity contribution in [1.29, 1.82) is 0 Å². The van der Waals surface area contributed by atoms with Gasteiger partial charge in [0.05, 0.1) is 7.11 Å². The van der Waals surface area contributed by atoms with Gasteiger partial charge in [-0.05, 0) is 24.3 Å². The molecule has 1 aromatic heterocycles. The number of nitrogens with zero attached hydrogens (tertiary/aromatic N) is 1. The molecule has 0 saturated heterocycles. The summed E-state index contributed by atoms with van der Waals surface area (Å²) in [5, 5.41) is 9.92. The van der Waals surface area contributed by atoms with Crippen LogP contribution in [0.5, 0.6) is 11.5 Å². The lowest BCUT2D eigenvalue weighted by molar-refractivity contribution is 0.407. The number of fused-ring (bicyclic) bond motifs is 1. The number of phenolic OH excluding ortho intramolecular Hbond substituents is 1. The molecule has 0 atom stereocenters. The van der Waals surface area contributed by atoms with Crippen molar-refractivity contribution in [2.75, 3.05) is 7.11 Å². The van der Waals surface area contributed by atoms with Gasteiger partial charge in [0.25, 0.3) is 0 Å². The van der Waals surface area contributed by atoms with Crippen LogP contribution in [0, 0.1) is 0 Å². The molecule has 4 heteroatoms. The van der Waals surface area contributed by atoms with E-state index < -0.39 is 0 Å². The third-order valence-corrected chi connectivity index (χ3v) is 2.73. The molecule has 0 saturated carbocycles. The first-order valence-corrected chi connectivity index (χ1v) is 5.51. The van der Waals surface area contributed by atoms with Crippen LogP contribution in [0.2, 0.25) is 0 Å². The summed E-state index contributed by atoms with van der Waals surface area (Å²) in [6.07, 6.45) is 0. The van der Waals surface area contributed by atoms with E-state index >= 15 is 0 Å². The second-order valence-electron chi connectivity index (χ2n) is 3.84. The highest BCUT2D eigenvalue weighted by atomic mass is 16.5. The highest BCUT2D eigenvalue weighted by molar-refractivity contribution is 5.79. The number of hydrogen-bond donors (Lipinski definition) is 1. The maximum atomic E-state index is 9.92. The minimum atomic E-state index is 0.0842. The number of ether oxygens (including phenoxy) is 1. The summed E-state index contributed by atoms with van der Waals surface area (Å²) in [6, 6.07) is 12.5. The van der Waals surface area contributed by atoms with Crippen molar-refractivity contribution in [2.24, 2.45) is 0 Å². The summed E-state index contributed by atoms with van der Waals surface area (Å²) in [5.41, 5.74) is 1.90. The predicted octanol–water partition coefficient (Wildman–Crippen LogP) is 3.21. The molecule has 4 nitrogen and oxygen atoms in total. The van der Waals surface area contributed by atoms with E-state index in [9.17, 15) is 5.11 Å². The summed E-state index contributed by atoms with van der Waals surface area (Å²) in [5.74, 6) is 0.966. The molecule has 0 spiro atoms. The number of methoxy groups -OCH3 is 1. The zero-order valence-electron chi connectivity index (χ0n) is 9.75. The number of benzene rings is 2. The molecule has 90 valence electrons. The monoisotopic (exact) mass is 241 g/mol. The van der Waals surface area contributed by atoms with Gasteiger partial charge >= 0.3 is 0 Å². The lowest BCUT2D eigenvalue weighted by Crippen LogP contribution is -1.88. The number of phenols is 1. The van der Waals surface area contributed by atoms with E-state index in [1.807, 2.05) is 24.3 Å². The largest absolute Gasteiger partial charge is 0.507 e. The van der Waals surface area contributed by atoms with E-state index in [1.165, 1.54) is 0 Å². The van der Waals surface area contributed by atoms with Crippen LogP contribution in [-0.4, -0.2) is 17.2 Å². The molecule has 0 aliphatic carbocycles. The first-order chi connectivity index (χ1) is 8.79. The lowest BCUT2D eigenvalue weighted by Gasteiger charge is -2.06. The van der Waals surface area contributed by atoms with E-state index in [1.54, 1.807) is 25.3 Å². The van der Waals surface area contributed by atoms with Crippen LogP contribution in [0.4, 0.5) is 0 Å². The third kappa shape index (κ3) is 1.59. The standard InChI is InChI=1S/C14H11NO3/c1-17-12-8-4-6-10(16)13(12)14-15-9-5-2-3-7-11(9)18-14/h2-8,16H,1H3. The van der Waals surface area contributed by atoms with Crippen molar-refractivity contribution >= 4 is 11.1 Å². The van der Waals surface area contributed by atoms with Gasteiger partial charge in [0.2, 0.25) is 5.89 Å². The fourth-order valence-electron chi connectivity index (χ4n) is 1.88. The summed E-state index contributed by atoms with van der Waals surface area (Å²) >= 11 is 0. The zero-order chi connectivity index (χ0) is 12.5. The highest BCUT2D eigenvalue weighted by Crippen LogP contribution is 2.38. The van der Waals surface area contributed by atoms with E-state index in [4.69, 9.17) is 9.15 Å². The Morgan fingerprint density at radius 2 is 1.94 bits per heavy atom. The van der Waals surface area contributed by atoms with Crippen LogP contribution in [0.1, 0.15) is 0 Å². The average molecular weight is 241 g/mol. The third-order valence-electron chi connectivity index (χ3n) is 2.73. The Morgan fingerprint density at radius 3 is 2.72 bits per heavy atom. The number of hydrogen-bond acceptors (Lipinski definition) is 4. The van der Waals surface area contributed by atoms with E-state index in [2.05, 4.69) is 4.98 Å². The van der Waals surface area contributed by atoms with E-state index in [0.29, 0.717) is 22.8 Å². The number of para-hydroxylation sites is 2. The van der Waals surface area contributed by atoms with Crippen LogP contribution in [0.25, 0.3) is 22.6 Å². The number of rotatable bonds is 2. The molecule has 0 aliphatic rings. The molecule has 0 amide bonds. The quantitative estimate of drug-likeness (QED) is 0.748. The number of aromatic nitrogens is 1. The summed E-state index contributed by atoms with van der Waals surface area (Å²) in [6.45, 7) is 0. The lowest BCUT2D eigenvalue weighted by atomic mass is 10.2. The van der Waals surface area contributed by atoms with Crippen molar-refractivity contribution in [1.82, 2.24) is 4.98 Å². The molecule has 0 radical (unpaired) electrons. The summed E-state index contributed by atoms with van der Waals surface area (Å²) in [4.78, 5) is 4.35. The van der Waals surface area contributed by atoms with Gasteiger partial charge in [0, 0.05) is 0 Å². The summed E-state index contributed by atoms with van der Waals surface area (Å²) in [7, 11) is 1.54. The van der Waals surface area contributed by atoms with E-state index in [0.717, 1.165) is 5.52 Å². The van der Waals surface area contributed by atoms with Gasteiger partial charge in [0.1, 0.15) is 22.6 Å². The van der Waals surface area contributed by atoms with Gasteiger partial charge in [-0.3, -0.25) is 0 Å². The van der Waals surface area contributed by atoms with Crippen molar-refractivity contribution in [3.05, 3.63) is 42.5 Å². The molecule has 0 aliphatic heterocycles. The Kier molecular flexibility index (Phi) is 2.41. The molecule has 2 aromatic carbocycles. The van der Waals surface area contributed by atoms with Crippen LogP contribution in [0.15, 0.2) is 46.9 Å². The Balaban J connectivity index is 2.25. The maximum Gasteiger partial charge on any atom is 0.234 e. The number of aromatic hydroxyl groups is 1. The molecule has 0 bridgehead atoms. The fraction of sp³-hybridized carbons (Fsp3) is 0.0714. The van der Waals surface area contributed by atoms with Crippen LogP contribution >= 0.6 is 0 Å². The van der Waals surface area contributed by atoms with Crippen molar-refractivity contribution < 1.29 is 14.3 Å². The molecule has 0 unspecified atom stereocenters. The first-order valence-electron chi connectivity index (χ1n) is 5.51.